The van der Waals surface area contributed by atoms with Gasteiger partial charge in [0, 0.05) is 20.2 Å². The number of methoxy groups -OCH3 is 1. The molecule has 6 heteroatoms. The molecular weight excluding hydrogens is 236 g/mol. The van der Waals surface area contributed by atoms with Gasteiger partial charge in [-0.25, -0.2) is 9.78 Å². The summed E-state index contributed by atoms with van der Waals surface area (Å²) in [5.41, 5.74) is -0.00324. The minimum Gasteiger partial charge on any atom is -0.477 e. The molecule has 0 atom stereocenters. The first-order chi connectivity index (χ1) is 8.60. The molecule has 0 fully saturated rings. The number of nitrogens with zero attached hydrogens (tertiary/aromatic N) is 2. The molecule has 1 N–H and O–H groups in total. The van der Waals surface area contributed by atoms with Crippen molar-refractivity contribution in [2.75, 3.05) is 26.8 Å². The highest BCUT2D eigenvalue weighted by Gasteiger charge is 2.16. The number of hydrogen-bond donors (Lipinski definition) is 1. The summed E-state index contributed by atoms with van der Waals surface area (Å²) in [6.07, 6.45) is 0. The second-order valence-corrected chi connectivity index (χ2v) is 3.59. The molecule has 0 spiro atoms. The quantitative estimate of drug-likeness (QED) is 0.813. The Labute approximate surface area is 105 Å². The summed E-state index contributed by atoms with van der Waals surface area (Å²) in [5, 5.41) is 8.82. The Morgan fingerprint density at radius 3 is 2.61 bits per heavy atom. The standard InChI is InChI=1S/C12H16N2O4/c1-3-14(7-8-18-2)11(15)9-5-4-6-10(13-9)12(16)17/h4-6H,3,7-8H2,1-2H3,(H,16,17). The first kappa shape index (κ1) is 14.1. The third-order valence-electron chi connectivity index (χ3n) is 2.42. The molecule has 6 nitrogen and oxygen atoms in total. The topological polar surface area (TPSA) is 79.7 Å². The highest BCUT2D eigenvalue weighted by molar-refractivity contribution is 5.94. The van der Waals surface area contributed by atoms with Crippen LogP contribution in [0, 0.1) is 0 Å². The summed E-state index contributed by atoms with van der Waals surface area (Å²) in [4.78, 5) is 28.2. The molecule has 18 heavy (non-hydrogen) atoms. The number of ether oxygens (including phenoxy) is 1. The van der Waals surface area contributed by atoms with E-state index < -0.39 is 5.97 Å². The SMILES string of the molecule is CCN(CCOC)C(=O)c1cccc(C(=O)O)n1. The lowest BCUT2D eigenvalue weighted by Gasteiger charge is -2.19. The van der Waals surface area contributed by atoms with E-state index in [1.54, 1.807) is 12.0 Å². The lowest BCUT2D eigenvalue weighted by Crippen LogP contribution is -2.34. The lowest BCUT2D eigenvalue weighted by atomic mass is 10.2. The van der Waals surface area contributed by atoms with Crippen LogP contribution in [-0.4, -0.2) is 53.7 Å². The van der Waals surface area contributed by atoms with E-state index in [1.165, 1.54) is 18.2 Å². The fourth-order valence-corrected chi connectivity index (χ4v) is 1.44. The number of aromatic carboxylic acids is 1. The van der Waals surface area contributed by atoms with E-state index in [9.17, 15) is 9.59 Å². The average Bonchev–Trinajstić information content (AvgIpc) is 2.39. The van der Waals surface area contributed by atoms with Gasteiger partial charge in [-0.3, -0.25) is 4.79 Å². The third kappa shape index (κ3) is 3.53. The minimum atomic E-state index is -1.15. The van der Waals surface area contributed by atoms with Crippen LogP contribution in [0.25, 0.3) is 0 Å². The number of amides is 1. The maximum Gasteiger partial charge on any atom is 0.354 e. The molecule has 1 aromatic heterocycles. The van der Waals surface area contributed by atoms with Crippen LogP contribution in [-0.2, 0) is 4.74 Å². The van der Waals surface area contributed by atoms with Crippen molar-refractivity contribution < 1.29 is 19.4 Å². The van der Waals surface area contributed by atoms with Gasteiger partial charge < -0.3 is 14.7 Å². The number of carboxylic acids is 1. The highest BCUT2D eigenvalue weighted by Crippen LogP contribution is 2.04. The van der Waals surface area contributed by atoms with Crippen molar-refractivity contribution in [2.24, 2.45) is 0 Å². The van der Waals surface area contributed by atoms with Gasteiger partial charge in [-0.1, -0.05) is 6.07 Å². The molecule has 0 aliphatic heterocycles. The Morgan fingerprint density at radius 1 is 1.39 bits per heavy atom. The van der Waals surface area contributed by atoms with Crippen molar-refractivity contribution >= 4 is 11.9 Å². The molecule has 1 heterocycles. The molecule has 0 radical (unpaired) electrons. The molecular formula is C12H16N2O4. The monoisotopic (exact) mass is 252 g/mol. The molecule has 0 aromatic carbocycles. The van der Waals surface area contributed by atoms with E-state index in [4.69, 9.17) is 9.84 Å². The van der Waals surface area contributed by atoms with Gasteiger partial charge in [0.05, 0.1) is 6.61 Å². The van der Waals surface area contributed by atoms with E-state index in [2.05, 4.69) is 4.98 Å². The molecule has 0 aliphatic carbocycles. The van der Waals surface area contributed by atoms with E-state index in [-0.39, 0.29) is 17.3 Å². The van der Waals surface area contributed by atoms with E-state index in [0.717, 1.165) is 0 Å². The molecule has 1 amide bonds. The van der Waals surface area contributed by atoms with Gasteiger partial charge in [-0.05, 0) is 19.1 Å². The highest BCUT2D eigenvalue weighted by atomic mass is 16.5. The summed E-state index contributed by atoms with van der Waals surface area (Å²) < 4.78 is 4.91. The maximum absolute atomic E-state index is 12.1. The predicted molar refractivity (Wildman–Crippen MR) is 64.6 cm³/mol. The zero-order valence-corrected chi connectivity index (χ0v) is 10.4. The number of aromatic nitrogens is 1. The Balaban J connectivity index is 2.87. The summed E-state index contributed by atoms with van der Waals surface area (Å²) >= 11 is 0. The van der Waals surface area contributed by atoms with Gasteiger partial charge in [-0.2, -0.15) is 0 Å². The number of likely N-dealkylation sites (N-methyl/N-ethyl adjacent to an activating group) is 1. The van der Waals surface area contributed by atoms with Gasteiger partial charge in [0.2, 0.25) is 0 Å². The number of carbonyl (C=O) groups excluding carboxylic acids is 1. The van der Waals surface area contributed by atoms with Crippen molar-refractivity contribution in [3.63, 3.8) is 0 Å². The van der Waals surface area contributed by atoms with Crippen LogP contribution in [0.1, 0.15) is 27.9 Å². The third-order valence-corrected chi connectivity index (χ3v) is 2.42. The van der Waals surface area contributed by atoms with Crippen LogP contribution in [0.3, 0.4) is 0 Å². The van der Waals surface area contributed by atoms with Crippen LogP contribution in [0.2, 0.25) is 0 Å². The number of hydrogen-bond acceptors (Lipinski definition) is 4. The smallest absolute Gasteiger partial charge is 0.354 e. The first-order valence-corrected chi connectivity index (χ1v) is 5.58. The summed E-state index contributed by atoms with van der Waals surface area (Å²) in [5.74, 6) is -1.44. The number of carboxylic acid groups (broad SMARTS) is 1. The molecule has 0 unspecified atom stereocenters. The summed E-state index contributed by atoms with van der Waals surface area (Å²) in [6.45, 7) is 3.23. The normalized spacial score (nSPS) is 10.1. The van der Waals surface area contributed by atoms with Crippen LogP contribution in [0.15, 0.2) is 18.2 Å². The lowest BCUT2D eigenvalue weighted by molar-refractivity contribution is 0.0687. The maximum atomic E-state index is 12.1. The van der Waals surface area contributed by atoms with Crippen molar-refractivity contribution in [3.05, 3.63) is 29.6 Å². The van der Waals surface area contributed by atoms with Crippen molar-refractivity contribution in [2.45, 2.75) is 6.92 Å². The largest absolute Gasteiger partial charge is 0.477 e. The Hall–Kier alpha value is -1.95. The van der Waals surface area contributed by atoms with Crippen molar-refractivity contribution in [1.29, 1.82) is 0 Å². The van der Waals surface area contributed by atoms with Gasteiger partial charge in [0.15, 0.2) is 0 Å². The van der Waals surface area contributed by atoms with Crippen LogP contribution in [0.5, 0.6) is 0 Å². The van der Waals surface area contributed by atoms with E-state index >= 15 is 0 Å². The summed E-state index contributed by atoms with van der Waals surface area (Å²) in [6, 6.07) is 4.36. The van der Waals surface area contributed by atoms with Gasteiger partial charge in [0.1, 0.15) is 11.4 Å². The molecule has 0 aliphatic rings. The molecule has 1 aromatic rings. The van der Waals surface area contributed by atoms with Gasteiger partial charge >= 0.3 is 5.97 Å². The fraction of sp³-hybridized carbons (Fsp3) is 0.417. The van der Waals surface area contributed by atoms with Crippen LogP contribution in [0.4, 0.5) is 0 Å². The predicted octanol–water partition coefficient (Wildman–Crippen LogP) is 0.888. The number of carbonyl (C=O) groups is 2. The van der Waals surface area contributed by atoms with Gasteiger partial charge in [0.25, 0.3) is 5.91 Å². The second-order valence-electron chi connectivity index (χ2n) is 3.59. The first-order valence-electron chi connectivity index (χ1n) is 5.58. The number of pyridine rings is 1. The molecule has 0 saturated carbocycles. The fourth-order valence-electron chi connectivity index (χ4n) is 1.44. The number of rotatable bonds is 6. The molecule has 1 rings (SSSR count). The molecule has 0 saturated heterocycles. The van der Waals surface area contributed by atoms with Crippen LogP contribution < -0.4 is 0 Å². The van der Waals surface area contributed by atoms with Crippen LogP contribution >= 0.6 is 0 Å². The van der Waals surface area contributed by atoms with Crippen molar-refractivity contribution in [3.8, 4) is 0 Å². The second kappa shape index (κ2) is 6.70. The zero-order valence-electron chi connectivity index (χ0n) is 10.4. The minimum absolute atomic E-state index is 0.132. The Morgan fingerprint density at radius 2 is 2.06 bits per heavy atom. The Kier molecular flexibility index (Phi) is 5.26. The Bertz CT molecular complexity index is 434. The van der Waals surface area contributed by atoms with Gasteiger partial charge in [-0.15, -0.1) is 0 Å². The van der Waals surface area contributed by atoms with Crippen molar-refractivity contribution in [1.82, 2.24) is 9.88 Å². The average molecular weight is 252 g/mol. The van der Waals surface area contributed by atoms with E-state index in [0.29, 0.717) is 19.7 Å². The zero-order chi connectivity index (χ0) is 13.5. The van der Waals surface area contributed by atoms with E-state index in [1.807, 2.05) is 6.92 Å². The molecule has 0 bridgehead atoms. The molecule has 98 valence electrons. The summed E-state index contributed by atoms with van der Waals surface area (Å²) in [7, 11) is 1.56.